The molecular weight excluding hydrogens is 261 g/mol. The Morgan fingerprint density at radius 2 is 2.21 bits per heavy atom. The maximum atomic E-state index is 5.99. The molecule has 1 unspecified atom stereocenters. The summed E-state index contributed by atoms with van der Waals surface area (Å²) in [4.78, 5) is 0. The third-order valence-electron chi connectivity index (χ3n) is 2.64. The minimum atomic E-state index is 0.469. The van der Waals surface area contributed by atoms with Crippen LogP contribution in [0.1, 0.15) is 30.9 Å². The second-order valence-electron chi connectivity index (χ2n) is 3.67. The summed E-state index contributed by atoms with van der Waals surface area (Å²) in [5.41, 5.74) is 1.29. The van der Waals surface area contributed by atoms with Gasteiger partial charge in [-0.15, -0.1) is 0 Å². The van der Waals surface area contributed by atoms with E-state index < -0.39 is 0 Å². The monoisotopic (exact) mass is 273 g/mol. The van der Waals surface area contributed by atoms with Crippen molar-refractivity contribution in [3.63, 3.8) is 0 Å². The summed E-state index contributed by atoms with van der Waals surface area (Å²) in [7, 11) is 0. The third kappa shape index (κ3) is 2.30. The Morgan fingerprint density at radius 1 is 1.36 bits per heavy atom. The van der Waals surface area contributed by atoms with E-state index in [1.54, 1.807) is 0 Å². The summed E-state index contributed by atoms with van der Waals surface area (Å²) in [6.45, 7) is 1.11. The zero-order valence-electron chi connectivity index (χ0n) is 7.89. The van der Waals surface area contributed by atoms with Crippen molar-refractivity contribution in [2.75, 3.05) is 6.54 Å². The van der Waals surface area contributed by atoms with E-state index in [1.165, 1.54) is 24.8 Å². The van der Waals surface area contributed by atoms with Gasteiger partial charge >= 0.3 is 0 Å². The first kappa shape index (κ1) is 10.5. The fraction of sp³-hybridized carbons (Fsp3) is 0.455. The fourth-order valence-corrected chi connectivity index (χ4v) is 2.60. The van der Waals surface area contributed by atoms with E-state index in [0.29, 0.717) is 6.04 Å². The van der Waals surface area contributed by atoms with Gasteiger partial charge in [-0.25, -0.2) is 0 Å². The number of hydrogen-bond donors (Lipinski definition) is 1. The Balaban J connectivity index is 2.24. The highest BCUT2D eigenvalue weighted by Crippen LogP contribution is 2.31. The van der Waals surface area contributed by atoms with E-state index in [2.05, 4.69) is 27.3 Å². The molecule has 2 rings (SSSR count). The topological polar surface area (TPSA) is 12.0 Å². The van der Waals surface area contributed by atoms with E-state index in [1.807, 2.05) is 12.1 Å². The third-order valence-corrected chi connectivity index (χ3v) is 3.60. The lowest BCUT2D eigenvalue weighted by molar-refractivity contribution is 0.411. The number of rotatable bonds is 1. The quantitative estimate of drug-likeness (QED) is 0.818. The minimum absolute atomic E-state index is 0.469. The summed E-state index contributed by atoms with van der Waals surface area (Å²) in [5.74, 6) is 0. The maximum Gasteiger partial charge on any atom is 0.0410 e. The first-order chi connectivity index (χ1) is 6.77. The molecule has 0 bridgehead atoms. The van der Waals surface area contributed by atoms with Crippen LogP contribution in [0.3, 0.4) is 0 Å². The molecule has 0 aliphatic carbocycles. The van der Waals surface area contributed by atoms with Crippen LogP contribution < -0.4 is 5.32 Å². The minimum Gasteiger partial charge on any atom is -0.310 e. The normalized spacial score (nSPS) is 22.3. The van der Waals surface area contributed by atoms with Gasteiger partial charge in [0.15, 0.2) is 0 Å². The molecule has 1 nitrogen and oxygen atoms in total. The van der Waals surface area contributed by atoms with Crippen LogP contribution >= 0.6 is 27.5 Å². The number of benzene rings is 1. The molecule has 1 aliphatic rings. The average molecular weight is 275 g/mol. The van der Waals surface area contributed by atoms with Gasteiger partial charge in [0.25, 0.3) is 0 Å². The van der Waals surface area contributed by atoms with Crippen LogP contribution in [-0.4, -0.2) is 6.54 Å². The van der Waals surface area contributed by atoms with Gasteiger partial charge in [-0.1, -0.05) is 34.0 Å². The van der Waals surface area contributed by atoms with Crippen LogP contribution in [0.15, 0.2) is 22.7 Å². The molecule has 14 heavy (non-hydrogen) atoms. The number of nitrogens with one attached hydrogen (secondary N) is 1. The Kier molecular flexibility index (Phi) is 3.47. The van der Waals surface area contributed by atoms with Crippen LogP contribution in [0, 0.1) is 0 Å². The van der Waals surface area contributed by atoms with Gasteiger partial charge < -0.3 is 5.32 Å². The van der Waals surface area contributed by atoms with Crippen molar-refractivity contribution in [2.24, 2.45) is 0 Å². The molecule has 0 saturated carbocycles. The van der Waals surface area contributed by atoms with Crippen molar-refractivity contribution >= 4 is 27.5 Å². The van der Waals surface area contributed by atoms with Crippen molar-refractivity contribution in [3.8, 4) is 0 Å². The molecule has 76 valence electrons. The highest BCUT2D eigenvalue weighted by atomic mass is 79.9. The molecule has 1 fully saturated rings. The molecule has 1 saturated heterocycles. The van der Waals surface area contributed by atoms with Gasteiger partial charge in [0, 0.05) is 15.5 Å². The van der Waals surface area contributed by atoms with Crippen LogP contribution in [0.5, 0.6) is 0 Å². The van der Waals surface area contributed by atoms with Crippen molar-refractivity contribution in [2.45, 2.75) is 25.3 Å². The molecule has 0 aromatic heterocycles. The van der Waals surface area contributed by atoms with Crippen LogP contribution in [0.4, 0.5) is 0 Å². The van der Waals surface area contributed by atoms with Gasteiger partial charge in [0.1, 0.15) is 0 Å². The predicted octanol–water partition coefficient (Wildman–Crippen LogP) is 3.92. The van der Waals surface area contributed by atoms with Crippen molar-refractivity contribution < 1.29 is 0 Å². The molecule has 3 heteroatoms. The lowest BCUT2D eigenvalue weighted by atomic mass is 9.98. The zero-order valence-corrected chi connectivity index (χ0v) is 10.2. The Labute approximate surface area is 98.0 Å². The molecule has 0 radical (unpaired) electrons. The number of piperidine rings is 1. The molecule has 1 heterocycles. The lowest BCUT2D eigenvalue weighted by Gasteiger charge is -2.24. The molecular formula is C11H13BrClN. The van der Waals surface area contributed by atoms with Crippen LogP contribution in [-0.2, 0) is 0 Å². The number of halogens is 2. The Hall–Kier alpha value is -0.0500. The molecule has 0 spiro atoms. The summed E-state index contributed by atoms with van der Waals surface area (Å²) in [5, 5.41) is 4.33. The van der Waals surface area contributed by atoms with Crippen molar-refractivity contribution in [3.05, 3.63) is 33.3 Å². The van der Waals surface area contributed by atoms with Crippen molar-refractivity contribution in [1.29, 1.82) is 0 Å². The van der Waals surface area contributed by atoms with Crippen LogP contribution in [0.2, 0.25) is 5.02 Å². The first-order valence-electron chi connectivity index (χ1n) is 4.96. The molecule has 1 atom stereocenters. The van der Waals surface area contributed by atoms with E-state index in [0.717, 1.165) is 16.0 Å². The summed E-state index contributed by atoms with van der Waals surface area (Å²) >= 11 is 9.55. The van der Waals surface area contributed by atoms with E-state index in [9.17, 15) is 0 Å². The van der Waals surface area contributed by atoms with Gasteiger partial charge in [0.05, 0.1) is 0 Å². The number of hydrogen-bond acceptors (Lipinski definition) is 1. The average Bonchev–Trinajstić information content (AvgIpc) is 2.23. The highest BCUT2D eigenvalue weighted by Gasteiger charge is 2.16. The predicted molar refractivity (Wildman–Crippen MR) is 63.7 cm³/mol. The standard InChI is InChI=1S/C11H13BrClN/c12-10-5-4-8(13)7-9(10)11-3-1-2-6-14-11/h4-5,7,11,14H,1-3,6H2. The van der Waals surface area contributed by atoms with Gasteiger partial charge in [0.2, 0.25) is 0 Å². The van der Waals surface area contributed by atoms with E-state index >= 15 is 0 Å². The fourth-order valence-electron chi connectivity index (χ4n) is 1.90. The second-order valence-corrected chi connectivity index (χ2v) is 4.96. The van der Waals surface area contributed by atoms with E-state index in [4.69, 9.17) is 11.6 Å². The summed E-state index contributed by atoms with van der Waals surface area (Å²) < 4.78 is 1.15. The maximum absolute atomic E-state index is 5.99. The smallest absolute Gasteiger partial charge is 0.0410 e. The van der Waals surface area contributed by atoms with E-state index in [-0.39, 0.29) is 0 Å². The molecule has 1 aromatic rings. The van der Waals surface area contributed by atoms with Crippen LogP contribution in [0.25, 0.3) is 0 Å². The zero-order chi connectivity index (χ0) is 9.97. The summed E-state index contributed by atoms with van der Waals surface area (Å²) in [6, 6.07) is 6.46. The molecule has 1 N–H and O–H groups in total. The Bertz CT molecular complexity index is 321. The largest absolute Gasteiger partial charge is 0.310 e. The highest BCUT2D eigenvalue weighted by molar-refractivity contribution is 9.10. The second kappa shape index (κ2) is 4.65. The van der Waals surface area contributed by atoms with Gasteiger partial charge in [-0.05, 0) is 43.1 Å². The molecule has 0 amide bonds. The van der Waals surface area contributed by atoms with Gasteiger partial charge in [-0.3, -0.25) is 0 Å². The Morgan fingerprint density at radius 3 is 2.93 bits per heavy atom. The molecule has 1 aromatic carbocycles. The first-order valence-corrected chi connectivity index (χ1v) is 6.13. The van der Waals surface area contributed by atoms with Crippen molar-refractivity contribution in [1.82, 2.24) is 5.32 Å². The summed E-state index contributed by atoms with van der Waals surface area (Å²) in [6.07, 6.45) is 3.80. The SMILES string of the molecule is Clc1ccc(Br)c(C2CCCCN2)c1. The van der Waals surface area contributed by atoms with Gasteiger partial charge in [-0.2, -0.15) is 0 Å². The lowest BCUT2D eigenvalue weighted by Crippen LogP contribution is -2.26. The molecule has 1 aliphatic heterocycles.